The van der Waals surface area contributed by atoms with Crippen molar-refractivity contribution in [3.8, 4) is 0 Å². The lowest BCUT2D eigenvalue weighted by atomic mass is 9.86. The Morgan fingerprint density at radius 2 is 1.63 bits per heavy atom. The Bertz CT molecular complexity index is 282. The molecule has 0 amide bonds. The molecule has 0 spiro atoms. The van der Waals surface area contributed by atoms with Crippen LogP contribution in [0.25, 0.3) is 0 Å². The molecule has 0 aromatic rings. The number of fused-ring (bicyclic) bond motifs is 1. The normalized spacial score (nSPS) is 31.4. The molecular weight excluding hydrogens is 232 g/mol. The first-order valence-corrected chi connectivity index (χ1v) is 8.29. The van der Waals surface area contributed by atoms with Crippen molar-refractivity contribution < 1.29 is 0 Å². The molecule has 1 aliphatic heterocycles. The number of likely N-dealkylation sites (tertiary alicyclic amines) is 1. The average Bonchev–Trinajstić information content (AvgIpc) is 2.86. The van der Waals surface area contributed by atoms with Crippen molar-refractivity contribution >= 4 is 0 Å². The number of hydrogen-bond acceptors (Lipinski definition) is 2. The number of rotatable bonds is 5. The van der Waals surface area contributed by atoms with Gasteiger partial charge in [0.25, 0.3) is 0 Å². The Hall–Kier alpha value is -0.0800. The highest BCUT2D eigenvalue weighted by atomic mass is 15.2. The third-order valence-electron chi connectivity index (χ3n) is 5.31. The molecule has 0 radical (unpaired) electrons. The molecule has 112 valence electrons. The van der Waals surface area contributed by atoms with E-state index in [9.17, 15) is 0 Å². The first-order chi connectivity index (χ1) is 8.81. The van der Waals surface area contributed by atoms with Crippen molar-refractivity contribution in [3.05, 3.63) is 0 Å². The lowest BCUT2D eigenvalue weighted by molar-refractivity contribution is 0.160. The highest BCUT2D eigenvalue weighted by Gasteiger charge is 2.38. The third kappa shape index (κ3) is 4.19. The average molecular weight is 266 g/mol. The predicted molar refractivity (Wildman–Crippen MR) is 83.4 cm³/mol. The number of nitrogens with one attached hydrogen (secondary N) is 1. The highest BCUT2D eigenvalue weighted by Crippen LogP contribution is 2.39. The van der Waals surface area contributed by atoms with Gasteiger partial charge in [-0.15, -0.1) is 0 Å². The van der Waals surface area contributed by atoms with E-state index in [1.54, 1.807) is 0 Å². The Kier molecular flexibility index (Phi) is 4.62. The Balaban J connectivity index is 1.84. The van der Waals surface area contributed by atoms with Crippen molar-refractivity contribution in [2.45, 2.75) is 65.8 Å². The lowest BCUT2D eigenvalue weighted by Gasteiger charge is -2.36. The van der Waals surface area contributed by atoms with E-state index < -0.39 is 0 Å². The second-order valence-corrected chi connectivity index (χ2v) is 8.41. The summed E-state index contributed by atoms with van der Waals surface area (Å²) < 4.78 is 0. The van der Waals surface area contributed by atoms with E-state index in [2.05, 4.69) is 44.8 Å². The second-order valence-electron chi connectivity index (χ2n) is 8.41. The molecule has 2 rings (SSSR count). The molecule has 0 aromatic heterocycles. The molecule has 1 aliphatic carbocycles. The van der Waals surface area contributed by atoms with Gasteiger partial charge in [-0.05, 0) is 57.3 Å². The lowest BCUT2D eigenvalue weighted by Crippen LogP contribution is -2.47. The quantitative estimate of drug-likeness (QED) is 0.819. The fourth-order valence-electron chi connectivity index (χ4n) is 3.77. The van der Waals surface area contributed by atoms with Gasteiger partial charge in [-0.3, -0.25) is 0 Å². The number of nitrogens with zero attached hydrogens (tertiary/aromatic N) is 1. The van der Waals surface area contributed by atoms with Crippen molar-refractivity contribution in [1.82, 2.24) is 10.2 Å². The molecule has 3 atom stereocenters. The number of hydrogen-bond donors (Lipinski definition) is 1. The minimum Gasteiger partial charge on any atom is -0.311 e. The Morgan fingerprint density at radius 1 is 1.05 bits per heavy atom. The molecule has 2 aliphatic rings. The van der Waals surface area contributed by atoms with Crippen molar-refractivity contribution in [3.63, 3.8) is 0 Å². The van der Waals surface area contributed by atoms with Gasteiger partial charge >= 0.3 is 0 Å². The summed E-state index contributed by atoms with van der Waals surface area (Å²) in [5, 5.41) is 3.71. The summed E-state index contributed by atoms with van der Waals surface area (Å²) in [4.78, 5) is 2.75. The van der Waals surface area contributed by atoms with Gasteiger partial charge in [0.2, 0.25) is 0 Å². The van der Waals surface area contributed by atoms with Crippen LogP contribution in [0.15, 0.2) is 0 Å². The summed E-state index contributed by atoms with van der Waals surface area (Å²) >= 11 is 0. The van der Waals surface area contributed by atoms with Crippen LogP contribution in [0.4, 0.5) is 0 Å². The zero-order chi connectivity index (χ0) is 14.1. The fraction of sp³-hybridized carbons (Fsp3) is 1.00. The zero-order valence-corrected chi connectivity index (χ0v) is 13.8. The van der Waals surface area contributed by atoms with Crippen LogP contribution in [-0.2, 0) is 0 Å². The molecule has 2 fully saturated rings. The minimum atomic E-state index is 0.234. The molecular formula is C17H34N2. The molecule has 1 heterocycles. The maximum absolute atomic E-state index is 3.71. The van der Waals surface area contributed by atoms with Crippen LogP contribution >= 0.6 is 0 Å². The SMILES string of the molecule is CCC(C)(CNC(C)(C)C)CN1CC2CCCC2C1. The fourth-order valence-corrected chi connectivity index (χ4v) is 3.77. The molecule has 19 heavy (non-hydrogen) atoms. The van der Waals surface area contributed by atoms with Gasteiger partial charge in [0.1, 0.15) is 0 Å². The van der Waals surface area contributed by atoms with E-state index in [4.69, 9.17) is 0 Å². The van der Waals surface area contributed by atoms with E-state index in [1.807, 2.05) is 0 Å². The van der Waals surface area contributed by atoms with Gasteiger partial charge in [-0.25, -0.2) is 0 Å². The van der Waals surface area contributed by atoms with Crippen molar-refractivity contribution in [2.24, 2.45) is 17.3 Å². The summed E-state index contributed by atoms with van der Waals surface area (Å²) in [6, 6.07) is 0. The summed E-state index contributed by atoms with van der Waals surface area (Å²) in [6.45, 7) is 16.8. The first kappa shape index (κ1) is 15.3. The van der Waals surface area contributed by atoms with E-state index in [0.717, 1.165) is 18.4 Å². The Morgan fingerprint density at radius 3 is 2.11 bits per heavy atom. The maximum atomic E-state index is 3.71. The van der Waals surface area contributed by atoms with Gasteiger partial charge in [-0.1, -0.05) is 20.3 Å². The summed E-state index contributed by atoms with van der Waals surface area (Å²) in [5.41, 5.74) is 0.657. The van der Waals surface area contributed by atoms with Crippen LogP contribution in [0, 0.1) is 17.3 Å². The van der Waals surface area contributed by atoms with Crippen molar-refractivity contribution in [2.75, 3.05) is 26.2 Å². The minimum absolute atomic E-state index is 0.234. The summed E-state index contributed by atoms with van der Waals surface area (Å²) in [5.74, 6) is 2.05. The predicted octanol–water partition coefficient (Wildman–Crippen LogP) is 3.52. The third-order valence-corrected chi connectivity index (χ3v) is 5.31. The van der Waals surface area contributed by atoms with Gasteiger partial charge < -0.3 is 10.2 Å². The summed E-state index contributed by atoms with van der Waals surface area (Å²) in [7, 11) is 0. The van der Waals surface area contributed by atoms with E-state index in [1.165, 1.54) is 45.3 Å². The molecule has 0 aromatic carbocycles. The van der Waals surface area contributed by atoms with E-state index >= 15 is 0 Å². The molecule has 1 N–H and O–H groups in total. The zero-order valence-electron chi connectivity index (χ0n) is 13.8. The second kappa shape index (κ2) is 5.73. The van der Waals surface area contributed by atoms with Gasteiger partial charge in [0, 0.05) is 31.7 Å². The van der Waals surface area contributed by atoms with Crippen molar-refractivity contribution in [1.29, 1.82) is 0 Å². The van der Waals surface area contributed by atoms with Crippen LogP contribution < -0.4 is 5.32 Å². The van der Waals surface area contributed by atoms with Gasteiger partial charge in [-0.2, -0.15) is 0 Å². The van der Waals surface area contributed by atoms with Crippen LogP contribution in [0.5, 0.6) is 0 Å². The van der Waals surface area contributed by atoms with Crippen LogP contribution in [0.2, 0.25) is 0 Å². The molecule has 1 saturated heterocycles. The molecule has 2 heteroatoms. The Labute approximate surface area is 120 Å². The van der Waals surface area contributed by atoms with Crippen LogP contribution in [-0.4, -0.2) is 36.6 Å². The molecule has 3 unspecified atom stereocenters. The highest BCUT2D eigenvalue weighted by molar-refractivity contribution is 4.92. The largest absolute Gasteiger partial charge is 0.311 e. The monoisotopic (exact) mass is 266 g/mol. The smallest absolute Gasteiger partial charge is 0.00967 e. The van der Waals surface area contributed by atoms with E-state index in [0.29, 0.717) is 5.41 Å². The first-order valence-electron chi connectivity index (χ1n) is 8.29. The molecule has 1 saturated carbocycles. The van der Waals surface area contributed by atoms with Gasteiger partial charge in [0.05, 0.1) is 0 Å². The van der Waals surface area contributed by atoms with Gasteiger partial charge in [0.15, 0.2) is 0 Å². The standard InChI is InChI=1S/C17H34N2/c1-6-17(5,12-18-16(2,3)4)13-19-10-14-8-7-9-15(14)11-19/h14-15,18H,6-13H2,1-5H3. The maximum Gasteiger partial charge on any atom is 0.00967 e. The van der Waals surface area contributed by atoms with Crippen LogP contribution in [0.3, 0.4) is 0 Å². The molecule has 0 bridgehead atoms. The van der Waals surface area contributed by atoms with E-state index in [-0.39, 0.29) is 5.54 Å². The topological polar surface area (TPSA) is 15.3 Å². The van der Waals surface area contributed by atoms with Crippen LogP contribution in [0.1, 0.15) is 60.3 Å². The summed E-state index contributed by atoms with van der Waals surface area (Å²) in [6.07, 6.45) is 5.73. The molecule has 2 nitrogen and oxygen atoms in total.